The second kappa shape index (κ2) is 7.91. The summed E-state index contributed by atoms with van der Waals surface area (Å²) in [6, 6.07) is 6.71. The number of unbranched alkanes of at least 4 members (excludes halogenated alkanes) is 3. The van der Waals surface area contributed by atoms with Gasteiger partial charge in [0, 0.05) is 6.92 Å². The fourth-order valence-corrected chi connectivity index (χ4v) is 1.96. The molecule has 0 amide bonds. The molecule has 1 aromatic carbocycles. The Morgan fingerprint density at radius 2 is 1.78 bits per heavy atom. The van der Waals surface area contributed by atoms with Gasteiger partial charge in [-0.3, -0.25) is 4.79 Å². The second-order valence-electron chi connectivity index (χ2n) is 4.92. The van der Waals surface area contributed by atoms with E-state index in [-0.39, 0.29) is 5.97 Å². The zero-order chi connectivity index (χ0) is 13.4. The molecule has 0 unspecified atom stereocenters. The van der Waals surface area contributed by atoms with Crippen molar-refractivity contribution in [2.24, 2.45) is 0 Å². The van der Waals surface area contributed by atoms with Crippen molar-refractivity contribution in [2.45, 2.75) is 52.9 Å². The summed E-state index contributed by atoms with van der Waals surface area (Å²) in [6.07, 6.45) is 5.68. The molecule has 2 nitrogen and oxygen atoms in total. The maximum atomic E-state index is 10.6. The number of carbonyl (C=O) groups is 1. The number of benzene rings is 1. The molecule has 0 saturated carbocycles. The smallest absolute Gasteiger partial charge is 0.302 e. The summed E-state index contributed by atoms with van der Waals surface area (Å²) >= 11 is 0. The molecule has 1 rings (SSSR count). The minimum Gasteiger partial charge on any atom is -0.466 e. The van der Waals surface area contributed by atoms with Crippen molar-refractivity contribution in [2.75, 3.05) is 6.61 Å². The van der Waals surface area contributed by atoms with Crippen LogP contribution in [0.2, 0.25) is 0 Å². The maximum Gasteiger partial charge on any atom is 0.302 e. The SMILES string of the molecule is CC(=O)OCCCCCCc1ccc(C)c(C)c1. The molecule has 1 aromatic rings. The third-order valence-corrected chi connectivity index (χ3v) is 3.24. The molecule has 2 heteroatoms. The van der Waals surface area contributed by atoms with Crippen LogP contribution >= 0.6 is 0 Å². The van der Waals surface area contributed by atoms with Crippen molar-refractivity contribution in [3.63, 3.8) is 0 Å². The van der Waals surface area contributed by atoms with Gasteiger partial charge >= 0.3 is 5.97 Å². The quantitative estimate of drug-likeness (QED) is 0.539. The van der Waals surface area contributed by atoms with Gasteiger partial charge in [-0.15, -0.1) is 0 Å². The Labute approximate surface area is 110 Å². The van der Waals surface area contributed by atoms with Gasteiger partial charge in [0.1, 0.15) is 0 Å². The number of hydrogen-bond acceptors (Lipinski definition) is 2. The van der Waals surface area contributed by atoms with Gasteiger partial charge in [0.2, 0.25) is 0 Å². The van der Waals surface area contributed by atoms with Crippen LogP contribution in [-0.2, 0) is 16.0 Å². The van der Waals surface area contributed by atoms with Crippen molar-refractivity contribution in [3.05, 3.63) is 34.9 Å². The number of carbonyl (C=O) groups excluding carboxylic acids is 1. The first-order valence-corrected chi connectivity index (χ1v) is 6.79. The van der Waals surface area contributed by atoms with Crippen molar-refractivity contribution in [1.82, 2.24) is 0 Å². The first-order chi connectivity index (χ1) is 8.59. The number of hydrogen-bond donors (Lipinski definition) is 0. The summed E-state index contributed by atoms with van der Waals surface area (Å²) < 4.78 is 4.90. The van der Waals surface area contributed by atoms with Crippen LogP contribution in [0.1, 0.15) is 49.3 Å². The van der Waals surface area contributed by atoms with Gasteiger partial charge < -0.3 is 4.74 Å². The van der Waals surface area contributed by atoms with Crippen LogP contribution in [0.3, 0.4) is 0 Å². The lowest BCUT2D eigenvalue weighted by Gasteiger charge is -2.05. The summed E-state index contributed by atoms with van der Waals surface area (Å²) in [5.41, 5.74) is 4.17. The fourth-order valence-electron chi connectivity index (χ4n) is 1.96. The summed E-state index contributed by atoms with van der Waals surface area (Å²) in [5.74, 6) is -0.176. The Kier molecular flexibility index (Phi) is 6.48. The molecule has 0 aliphatic heterocycles. The summed E-state index contributed by atoms with van der Waals surface area (Å²) in [6.45, 7) is 6.34. The van der Waals surface area contributed by atoms with E-state index in [4.69, 9.17) is 4.74 Å². The minimum absolute atomic E-state index is 0.176. The van der Waals surface area contributed by atoms with Gasteiger partial charge in [-0.1, -0.05) is 31.0 Å². The molecule has 0 radical (unpaired) electrons. The topological polar surface area (TPSA) is 26.3 Å². The molecule has 0 fully saturated rings. The van der Waals surface area contributed by atoms with Gasteiger partial charge in [-0.2, -0.15) is 0 Å². The van der Waals surface area contributed by atoms with Crippen LogP contribution < -0.4 is 0 Å². The van der Waals surface area contributed by atoms with Crippen LogP contribution in [0.25, 0.3) is 0 Å². The highest BCUT2D eigenvalue weighted by Gasteiger charge is 1.98. The van der Waals surface area contributed by atoms with E-state index < -0.39 is 0 Å². The van der Waals surface area contributed by atoms with Gasteiger partial charge in [0.05, 0.1) is 6.61 Å². The predicted octanol–water partition coefficient (Wildman–Crippen LogP) is 3.97. The third-order valence-electron chi connectivity index (χ3n) is 3.24. The van der Waals surface area contributed by atoms with Crippen LogP contribution in [0, 0.1) is 13.8 Å². The van der Waals surface area contributed by atoms with Gasteiger partial charge in [0.15, 0.2) is 0 Å². The molecule has 0 N–H and O–H groups in total. The molecular weight excluding hydrogens is 224 g/mol. The van der Waals surface area contributed by atoms with E-state index in [9.17, 15) is 4.79 Å². The Hall–Kier alpha value is -1.31. The van der Waals surface area contributed by atoms with Crippen LogP contribution in [0.15, 0.2) is 18.2 Å². The highest BCUT2D eigenvalue weighted by Crippen LogP contribution is 2.13. The molecule has 100 valence electrons. The molecule has 0 aliphatic carbocycles. The average molecular weight is 248 g/mol. The molecular formula is C16H24O2. The van der Waals surface area contributed by atoms with Gasteiger partial charge in [0.25, 0.3) is 0 Å². The lowest BCUT2D eigenvalue weighted by atomic mass is 10.0. The number of rotatable bonds is 7. The normalized spacial score (nSPS) is 10.4. The molecule has 0 spiro atoms. The van der Waals surface area contributed by atoms with E-state index in [0.717, 1.165) is 19.3 Å². The molecule has 18 heavy (non-hydrogen) atoms. The molecule has 0 aromatic heterocycles. The Morgan fingerprint density at radius 1 is 1.06 bits per heavy atom. The largest absolute Gasteiger partial charge is 0.466 e. The first kappa shape index (κ1) is 14.7. The zero-order valence-electron chi connectivity index (χ0n) is 11.8. The first-order valence-electron chi connectivity index (χ1n) is 6.79. The van der Waals surface area contributed by atoms with Crippen LogP contribution in [0.4, 0.5) is 0 Å². The summed E-state index contributed by atoms with van der Waals surface area (Å²) in [4.78, 5) is 10.6. The summed E-state index contributed by atoms with van der Waals surface area (Å²) in [7, 11) is 0. The Balaban J connectivity index is 2.10. The lowest BCUT2D eigenvalue weighted by molar-refractivity contribution is -0.141. The highest BCUT2D eigenvalue weighted by atomic mass is 16.5. The minimum atomic E-state index is -0.176. The number of esters is 1. The third kappa shape index (κ3) is 5.85. The molecule has 0 heterocycles. The monoisotopic (exact) mass is 248 g/mol. The number of ether oxygens (including phenoxy) is 1. The van der Waals surface area contributed by atoms with Crippen LogP contribution in [-0.4, -0.2) is 12.6 Å². The van der Waals surface area contributed by atoms with E-state index >= 15 is 0 Å². The second-order valence-corrected chi connectivity index (χ2v) is 4.92. The van der Waals surface area contributed by atoms with Crippen molar-refractivity contribution in [1.29, 1.82) is 0 Å². The van der Waals surface area contributed by atoms with Crippen molar-refractivity contribution < 1.29 is 9.53 Å². The van der Waals surface area contributed by atoms with Gasteiger partial charge in [-0.05, 0) is 49.8 Å². The van der Waals surface area contributed by atoms with E-state index in [1.165, 1.54) is 36.5 Å². The standard InChI is InChI=1S/C16H24O2/c1-13-9-10-16(12-14(13)2)8-6-4-5-7-11-18-15(3)17/h9-10,12H,4-8,11H2,1-3H3. The Morgan fingerprint density at radius 3 is 2.44 bits per heavy atom. The van der Waals surface area contributed by atoms with Crippen molar-refractivity contribution in [3.8, 4) is 0 Å². The average Bonchev–Trinajstić information content (AvgIpc) is 2.32. The summed E-state index contributed by atoms with van der Waals surface area (Å²) in [5, 5.41) is 0. The van der Waals surface area contributed by atoms with Crippen molar-refractivity contribution >= 4 is 5.97 Å². The molecule has 0 atom stereocenters. The predicted molar refractivity (Wildman–Crippen MR) is 74.7 cm³/mol. The fraction of sp³-hybridized carbons (Fsp3) is 0.562. The van der Waals surface area contributed by atoms with E-state index in [0.29, 0.717) is 6.61 Å². The zero-order valence-corrected chi connectivity index (χ0v) is 11.8. The van der Waals surface area contributed by atoms with E-state index in [1.807, 2.05) is 0 Å². The molecule has 0 bridgehead atoms. The maximum absolute atomic E-state index is 10.6. The number of aryl methyl sites for hydroxylation is 3. The van der Waals surface area contributed by atoms with Crippen LogP contribution in [0.5, 0.6) is 0 Å². The highest BCUT2D eigenvalue weighted by molar-refractivity contribution is 5.65. The lowest BCUT2D eigenvalue weighted by Crippen LogP contribution is -2.00. The van der Waals surface area contributed by atoms with Gasteiger partial charge in [-0.25, -0.2) is 0 Å². The van der Waals surface area contributed by atoms with E-state index in [2.05, 4.69) is 32.0 Å². The molecule has 0 aliphatic rings. The molecule has 0 saturated heterocycles. The van der Waals surface area contributed by atoms with E-state index in [1.54, 1.807) is 0 Å². The Bertz CT molecular complexity index is 383.